The largest absolute Gasteiger partial charge is 0.333 e. The van der Waals surface area contributed by atoms with Crippen LogP contribution in [0.3, 0.4) is 0 Å². The van der Waals surface area contributed by atoms with Crippen LogP contribution in [0, 0.1) is 18.7 Å². The van der Waals surface area contributed by atoms with E-state index in [-0.39, 0.29) is 11.8 Å². The van der Waals surface area contributed by atoms with Gasteiger partial charge in [0.15, 0.2) is 11.5 Å². The molecule has 10 nitrogen and oxygen atoms in total. The van der Waals surface area contributed by atoms with Crippen LogP contribution in [-0.4, -0.2) is 45.6 Å². The summed E-state index contributed by atoms with van der Waals surface area (Å²) in [6.45, 7) is 1.91. The Morgan fingerprint density at radius 3 is 2.87 bits per heavy atom. The highest BCUT2D eigenvalue weighted by Crippen LogP contribution is 2.35. The third-order valence-electron chi connectivity index (χ3n) is 7.04. The van der Waals surface area contributed by atoms with E-state index >= 15 is 4.39 Å². The minimum atomic E-state index is -0.464. The number of H-pyrrole nitrogens is 2. The van der Waals surface area contributed by atoms with E-state index in [9.17, 15) is 4.79 Å². The number of carbonyl (C=O) groups is 1. The number of nitrogens with zero attached hydrogens (tertiary/aromatic N) is 6. The summed E-state index contributed by atoms with van der Waals surface area (Å²) in [5.74, 6) is -0.0584. The molecule has 0 bridgehead atoms. The minimum absolute atomic E-state index is 0.0213. The van der Waals surface area contributed by atoms with Crippen LogP contribution in [-0.2, 0) is 4.79 Å². The number of halogens is 1. The Morgan fingerprint density at radius 1 is 1.18 bits per heavy atom. The van der Waals surface area contributed by atoms with Gasteiger partial charge in [0.2, 0.25) is 5.91 Å². The fourth-order valence-electron chi connectivity index (χ4n) is 4.82. The number of fused-ring (bicyclic) bond motifs is 2. The van der Waals surface area contributed by atoms with Crippen LogP contribution in [0.4, 0.5) is 10.1 Å². The quantitative estimate of drug-likeness (QED) is 0.303. The number of hydrogen-bond donors (Lipinski definition) is 3. The number of anilines is 1. The molecule has 0 aliphatic heterocycles. The van der Waals surface area contributed by atoms with Crippen LogP contribution >= 0.6 is 0 Å². The summed E-state index contributed by atoms with van der Waals surface area (Å²) in [5.41, 5.74) is 5.17. The number of hydrogen-bond acceptors (Lipinski definition) is 6. The van der Waals surface area contributed by atoms with Gasteiger partial charge in [-0.15, -0.1) is 0 Å². The molecule has 1 aromatic carbocycles. The van der Waals surface area contributed by atoms with Gasteiger partial charge in [0.25, 0.3) is 0 Å². The summed E-state index contributed by atoms with van der Waals surface area (Å²) in [4.78, 5) is 33.2. The number of aryl methyl sites for hydroxylation is 1. The van der Waals surface area contributed by atoms with E-state index in [1.807, 2.05) is 23.8 Å². The summed E-state index contributed by atoms with van der Waals surface area (Å²) in [7, 11) is 0. The Balaban J connectivity index is 1.30. The zero-order valence-corrected chi connectivity index (χ0v) is 20.4. The molecule has 5 heterocycles. The van der Waals surface area contributed by atoms with E-state index in [1.165, 1.54) is 0 Å². The minimum Gasteiger partial charge on any atom is -0.333 e. The summed E-state index contributed by atoms with van der Waals surface area (Å²) in [6, 6.07) is 7.03. The number of aromatic nitrogens is 8. The molecule has 6 aromatic rings. The predicted molar refractivity (Wildman–Crippen MR) is 140 cm³/mol. The third-order valence-corrected chi connectivity index (χ3v) is 7.04. The fourth-order valence-corrected chi connectivity index (χ4v) is 4.82. The van der Waals surface area contributed by atoms with Gasteiger partial charge in [0, 0.05) is 35.6 Å². The van der Waals surface area contributed by atoms with Crippen LogP contribution in [0.15, 0.2) is 55.4 Å². The lowest BCUT2D eigenvalue weighted by Crippen LogP contribution is -2.28. The topological polar surface area (TPSA) is 130 Å². The number of amides is 1. The lowest BCUT2D eigenvalue weighted by atomic mass is 9.85. The Morgan fingerprint density at radius 2 is 2.08 bits per heavy atom. The smallest absolute Gasteiger partial charge is 0.227 e. The number of carbonyl (C=O) groups excluding carboxylic acids is 1. The second-order valence-corrected chi connectivity index (χ2v) is 9.54. The predicted octanol–water partition coefficient (Wildman–Crippen LogP) is 4.94. The van der Waals surface area contributed by atoms with Crippen LogP contribution in [0.1, 0.15) is 25.0 Å². The van der Waals surface area contributed by atoms with Gasteiger partial charge in [0.05, 0.1) is 40.5 Å². The second kappa shape index (κ2) is 8.58. The third kappa shape index (κ3) is 3.62. The second-order valence-electron chi connectivity index (χ2n) is 9.54. The van der Waals surface area contributed by atoms with E-state index < -0.39 is 5.82 Å². The number of nitrogens with one attached hydrogen (secondary N) is 3. The molecule has 0 unspecified atom stereocenters. The van der Waals surface area contributed by atoms with Crippen molar-refractivity contribution in [3.8, 4) is 28.3 Å². The molecule has 7 rings (SSSR count). The van der Waals surface area contributed by atoms with E-state index in [4.69, 9.17) is 0 Å². The normalized spacial score (nSPS) is 13.7. The van der Waals surface area contributed by atoms with Crippen molar-refractivity contribution in [1.82, 2.24) is 39.7 Å². The maximum atomic E-state index is 16.1. The van der Waals surface area contributed by atoms with Crippen LogP contribution in [0.5, 0.6) is 0 Å². The van der Waals surface area contributed by atoms with Crippen molar-refractivity contribution in [3.63, 3.8) is 0 Å². The van der Waals surface area contributed by atoms with Crippen molar-refractivity contribution in [3.05, 3.63) is 66.9 Å². The zero-order valence-electron chi connectivity index (χ0n) is 20.4. The van der Waals surface area contributed by atoms with E-state index in [2.05, 4.69) is 40.4 Å². The van der Waals surface area contributed by atoms with Gasteiger partial charge in [-0.05, 0) is 44.0 Å². The van der Waals surface area contributed by atoms with Crippen molar-refractivity contribution >= 4 is 33.7 Å². The molecule has 1 saturated carbocycles. The molecule has 5 aromatic heterocycles. The van der Waals surface area contributed by atoms with Gasteiger partial charge in [-0.2, -0.15) is 5.10 Å². The summed E-state index contributed by atoms with van der Waals surface area (Å²) >= 11 is 0. The highest BCUT2D eigenvalue weighted by atomic mass is 19.1. The molecule has 1 aliphatic carbocycles. The van der Waals surface area contributed by atoms with Gasteiger partial charge in [0.1, 0.15) is 17.0 Å². The monoisotopic (exact) mass is 507 g/mol. The Hall–Kier alpha value is -4.93. The van der Waals surface area contributed by atoms with Crippen LogP contribution in [0.25, 0.3) is 50.4 Å². The molecule has 11 heteroatoms. The summed E-state index contributed by atoms with van der Waals surface area (Å²) in [6.07, 6.45) is 11.3. The first-order chi connectivity index (χ1) is 18.5. The van der Waals surface area contributed by atoms with Crippen molar-refractivity contribution < 1.29 is 9.18 Å². The van der Waals surface area contributed by atoms with Gasteiger partial charge >= 0.3 is 0 Å². The number of benzene rings is 1. The lowest BCUT2D eigenvalue weighted by molar-refractivity contribution is -0.122. The lowest BCUT2D eigenvalue weighted by Gasteiger charge is -2.24. The molecule has 188 valence electrons. The molecular weight excluding hydrogens is 485 g/mol. The highest BCUT2D eigenvalue weighted by molar-refractivity contribution is 5.97. The molecule has 1 amide bonds. The van der Waals surface area contributed by atoms with Crippen molar-refractivity contribution in [2.75, 3.05) is 5.32 Å². The van der Waals surface area contributed by atoms with Gasteiger partial charge in [-0.1, -0.05) is 6.42 Å². The zero-order chi connectivity index (χ0) is 25.8. The van der Waals surface area contributed by atoms with Crippen LogP contribution in [0.2, 0.25) is 0 Å². The van der Waals surface area contributed by atoms with Gasteiger partial charge < -0.3 is 14.9 Å². The van der Waals surface area contributed by atoms with Gasteiger partial charge in [-0.3, -0.25) is 14.9 Å². The van der Waals surface area contributed by atoms with Crippen molar-refractivity contribution in [2.45, 2.75) is 26.2 Å². The molecule has 38 heavy (non-hydrogen) atoms. The molecule has 1 fully saturated rings. The van der Waals surface area contributed by atoms with Crippen molar-refractivity contribution in [2.24, 2.45) is 5.92 Å². The van der Waals surface area contributed by atoms with E-state index in [0.29, 0.717) is 50.4 Å². The Kier molecular flexibility index (Phi) is 5.03. The standard InChI is InChI=1S/C27H22FN9O/c1-14-12-37(13-31-14)20-7-8-30-25-23(20)33-26(34-25)24-21-19(35-36-24)6-5-18(22(21)28)16-9-17(11-29-10-16)32-27(38)15-3-2-4-15/h5-13,15H,2-4H2,1H3,(H,32,38)(H,35,36)(H,30,33,34). The first-order valence-electron chi connectivity index (χ1n) is 12.3. The summed E-state index contributed by atoms with van der Waals surface area (Å²) in [5, 5.41) is 10.5. The van der Waals surface area contributed by atoms with E-state index in [1.54, 1.807) is 43.1 Å². The number of rotatable bonds is 5. The molecule has 0 saturated heterocycles. The van der Waals surface area contributed by atoms with Crippen molar-refractivity contribution in [1.29, 1.82) is 0 Å². The Labute approximate surface area is 215 Å². The molecule has 0 radical (unpaired) electrons. The molecule has 1 aliphatic rings. The molecular formula is C27H22FN9O. The first-order valence-corrected chi connectivity index (χ1v) is 12.3. The number of aromatic amines is 2. The molecule has 3 N–H and O–H groups in total. The summed E-state index contributed by atoms with van der Waals surface area (Å²) < 4.78 is 18.0. The van der Waals surface area contributed by atoms with Gasteiger partial charge in [-0.25, -0.2) is 19.3 Å². The maximum absolute atomic E-state index is 16.1. The molecule has 0 atom stereocenters. The first kappa shape index (κ1) is 22.3. The SMILES string of the molecule is Cc1cn(-c2ccnc3nc(-c4n[nH]c5ccc(-c6cncc(NC(=O)C7CCC7)c6)c(F)c45)[nH]c23)cn1. The molecule has 0 spiro atoms. The number of pyridine rings is 2. The number of imidazole rings is 2. The fraction of sp³-hybridized carbons (Fsp3) is 0.185. The van der Waals surface area contributed by atoms with E-state index in [0.717, 1.165) is 30.6 Å². The Bertz CT molecular complexity index is 1850. The van der Waals surface area contributed by atoms with Crippen LogP contribution < -0.4 is 5.32 Å². The average molecular weight is 508 g/mol. The average Bonchev–Trinajstić information content (AvgIpc) is 3.61. The maximum Gasteiger partial charge on any atom is 0.227 e. The highest BCUT2D eigenvalue weighted by Gasteiger charge is 2.25.